The van der Waals surface area contributed by atoms with Crippen molar-refractivity contribution in [1.82, 2.24) is 0 Å². The molecule has 0 spiro atoms. The largest absolute Gasteiger partial charge is 0.476 e. The van der Waals surface area contributed by atoms with Crippen molar-refractivity contribution in [2.45, 2.75) is 18.3 Å². The minimum absolute atomic E-state index is 0.428. The van der Waals surface area contributed by atoms with Gasteiger partial charge in [-0.1, -0.05) is 6.08 Å². The van der Waals surface area contributed by atoms with Crippen LogP contribution in [0.4, 0.5) is 0 Å². The van der Waals surface area contributed by atoms with Crippen LogP contribution in [0.2, 0.25) is 0 Å². The summed E-state index contributed by atoms with van der Waals surface area (Å²) in [4.78, 5) is 0. The van der Waals surface area contributed by atoms with E-state index in [2.05, 4.69) is 0 Å². The van der Waals surface area contributed by atoms with Crippen molar-refractivity contribution in [3.63, 3.8) is 0 Å². The van der Waals surface area contributed by atoms with Gasteiger partial charge in [0.1, 0.15) is 23.4 Å². The molecule has 6 nitrogen and oxygen atoms in total. The van der Waals surface area contributed by atoms with Crippen LogP contribution in [0.15, 0.2) is 115 Å². The molecule has 4 aromatic heterocycles. The smallest absolute Gasteiger partial charge is 0.213 e. The number of hydrogen-bond acceptors (Lipinski definition) is 6. The zero-order valence-electron chi connectivity index (χ0n) is 15.3. The molecule has 146 valence electrons. The Bertz CT molecular complexity index is 985. The third-order valence-corrected chi connectivity index (χ3v) is 4.57. The van der Waals surface area contributed by atoms with Gasteiger partial charge in [0, 0.05) is 0 Å². The van der Waals surface area contributed by atoms with Crippen molar-refractivity contribution in [1.29, 1.82) is 0 Å². The molecule has 0 bridgehead atoms. The van der Waals surface area contributed by atoms with E-state index in [0.29, 0.717) is 28.8 Å². The van der Waals surface area contributed by atoms with Crippen LogP contribution in [0.25, 0.3) is 0 Å². The summed E-state index contributed by atoms with van der Waals surface area (Å²) < 4.78 is 34.8. The first-order chi connectivity index (χ1) is 14.4. The highest BCUT2D eigenvalue weighted by Gasteiger charge is 2.31. The second-order valence-electron chi connectivity index (χ2n) is 6.45. The van der Waals surface area contributed by atoms with E-state index in [1.165, 1.54) is 0 Å². The number of ether oxygens (including phenoxy) is 2. The topological polar surface area (TPSA) is 71.0 Å². The molecular formula is C23H18O6. The standard InChI is InChI=1S/C23H18O6/c1-6-16(28-22(18-8-2-12-24-18)19-9-3-13-25-19)17(7-1)29-23(20-10-4-14-26-20)21-11-5-15-27-21/h1-16,22-23H/t16-/m0/s1. The predicted octanol–water partition coefficient (Wildman–Crippen LogP) is 5.79. The first-order valence-electron chi connectivity index (χ1n) is 9.22. The SMILES string of the molecule is C1=C[C@H](OC(c2ccco2)c2ccco2)C(OC(c2ccco2)c2ccco2)=C1. The molecule has 1 aliphatic rings. The van der Waals surface area contributed by atoms with Crippen LogP contribution in [0, 0.1) is 0 Å². The molecule has 4 heterocycles. The Labute approximate surface area is 166 Å². The lowest BCUT2D eigenvalue weighted by atomic mass is 10.2. The Kier molecular flexibility index (Phi) is 4.68. The normalized spacial score (nSPS) is 16.1. The lowest BCUT2D eigenvalue weighted by molar-refractivity contribution is -0.0128. The molecule has 6 heteroatoms. The maximum Gasteiger partial charge on any atom is 0.213 e. The Morgan fingerprint density at radius 3 is 1.59 bits per heavy atom. The molecule has 4 aromatic rings. The summed E-state index contributed by atoms with van der Waals surface area (Å²) in [5, 5.41) is 0. The van der Waals surface area contributed by atoms with Crippen molar-refractivity contribution in [3.05, 3.63) is 121 Å². The summed E-state index contributed by atoms with van der Waals surface area (Å²) in [5.74, 6) is 3.20. The van der Waals surface area contributed by atoms with Crippen molar-refractivity contribution in [2.75, 3.05) is 0 Å². The molecule has 0 unspecified atom stereocenters. The van der Waals surface area contributed by atoms with E-state index >= 15 is 0 Å². The lowest BCUT2D eigenvalue weighted by Gasteiger charge is -2.23. The molecule has 1 aliphatic carbocycles. The van der Waals surface area contributed by atoms with Crippen LogP contribution in [-0.2, 0) is 9.47 Å². The summed E-state index contributed by atoms with van der Waals surface area (Å²) in [6.45, 7) is 0. The summed E-state index contributed by atoms with van der Waals surface area (Å²) >= 11 is 0. The van der Waals surface area contributed by atoms with Gasteiger partial charge in [-0.25, -0.2) is 0 Å². The van der Waals surface area contributed by atoms with Gasteiger partial charge < -0.3 is 27.1 Å². The van der Waals surface area contributed by atoms with Crippen LogP contribution >= 0.6 is 0 Å². The van der Waals surface area contributed by atoms with Crippen LogP contribution < -0.4 is 0 Å². The number of hydrogen-bond donors (Lipinski definition) is 0. The van der Waals surface area contributed by atoms with Gasteiger partial charge in [0.2, 0.25) is 6.10 Å². The van der Waals surface area contributed by atoms with Crippen molar-refractivity contribution in [3.8, 4) is 0 Å². The van der Waals surface area contributed by atoms with E-state index in [4.69, 9.17) is 27.1 Å². The van der Waals surface area contributed by atoms with Gasteiger partial charge in [0.05, 0.1) is 25.1 Å². The fourth-order valence-electron chi connectivity index (χ4n) is 3.23. The van der Waals surface area contributed by atoms with E-state index in [-0.39, 0.29) is 0 Å². The van der Waals surface area contributed by atoms with Gasteiger partial charge in [-0.15, -0.1) is 0 Å². The lowest BCUT2D eigenvalue weighted by Crippen LogP contribution is -2.19. The molecule has 0 fully saturated rings. The van der Waals surface area contributed by atoms with Gasteiger partial charge >= 0.3 is 0 Å². The zero-order chi connectivity index (χ0) is 19.5. The Morgan fingerprint density at radius 2 is 1.14 bits per heavy atom. The van der Waals surface area contributed by atoms with Gasteiger partial charge in [-0.2, -0.15) is 0 Å². The average Bonchev–Trinajstić information content (AvgIpc) is 3.57. The third kappa shape index (κ3) is 3.58. The maximum absolute atomic E-state index is 6.32. The number of rotatable bonds is 8. The molecule has 0 radical (unpaired) electrons. The number of furan rings is 4. The zero-order valence-corrected chi connectivity index (χ0v) is 15.3. The Hall–Kier alpha value is -3.64. The first kappa shape index (κ1) is 17.5. The van der Waals surface area contributed by atoms with Gasteiger partial charge in [0.15, 0.2) is 17.6 Å². The van der Waals surface area contributed by atoms with E-state index in [9.17, 15) is 0 Å². The molecule has 0 amide bonds. The first-order valence-corrected chi connectivity index (χ1v) is 9.22. The summed E-state index contributed by atoms with van der Waals surface area (Å²) in [6, 6.07) is 14.7. The van der Waals surface area contributed by atoms with Gasteiger partial charge in [0.25, 0.3) is 0 Å². The highest BCUT2D eigenvalue weighted by Crippen LogP contribution is 2.35. The van der Waals surface area contributed by atoms with Crippen LogP contribution in [0.1, 0.15) is 35.2 Å². The highest BCUT2D eigenvalue weighted by molar-refractivity contribution is 5.28. The quantitative estimate of drug-likeness (QED) is 0.379. The van der Waals surface area contributed by atoms with E-state index < -0.39 is 18.3 Å². The van der Waals surface area contributed by atoms with E-state index in [1.54, 1.807) is 25.1 Å². The van der Waals surface area contributed by atoms with Crippen molar-refractivity contribution < 1.29 is 27.1 Å². The fraction of sp³-hybridized carbons (Fsp3) is 0.130. The summed E-state index contributed by atoms with van der Waals surface area (Å²) in [5.41, 5.74) is 0. The molecule has 0 saturated heterocycles. The van der Waals surface area contributed by atoms with Crippen LogP contribution in [0.3, 0.4) is 0 Å². The predicted molar refractivity (Wildman–Crippen MR) is 102 cm³/mol. The van der Waals surface area contributed by atoms with Crippen LogP contribution in [0.5, 0.6) is 0 Å². The fourth-order valence-corrected chi connectivity index (χ4v) is 3.23. The second-order valence-corrected chi connectivity index (χ2v) is 6.45. The molecule has 0 aliphatic heterocycles. The molecule has 1 atom stereocenters. The maximum atomic E-state index is 6.32. The van der Waals surface area contributed by atoms with Gasteiger partial charge in [-0.05, 0) is 60.7 Å². The van der Waals surface area contributed by atoms with Crippen LogP contribution in [-0.4, -0.2) is 6.10 Å². The highest BCUT2D eigenvalue weighted by atomic mass is 16.6. The third-order valence-electron chi connectivity index (χ3n) is 4.57. The average molecular weight is 390 g/mol. The van der Waals surface area contributed by atoms with E-state index in [0.717, 1.165) is 0 Å². The molecular weight excluding hydrogens is 372 g/mol. The van der Waals surface area contributed by atoms with Crippen molar-refractivity contribution >= 4 is 0 Å². The minimum Gasteiger partial charge on any atom is -0.476 e. The monoisotopic (exact) mass is 390 g/mol. The Balaban J connectivity index is 1.39. The second kappa shape index (κ2) is 7.77. The summed E-state index contributed by atoms with van der Waals surface area (Å²) in [7, 11) is 0. The summed E-state index contributed by atoms with van der Waals surface area (Å²) in [6.07, 6.45) is 10.6. The van der Waals surface area contributed by atoms with E-state index in [1.807, 2.05) is 66.8 Å². The number of allylic oxidation sites excluding steroid dienone is 2. The molecule has 5 rings (SSSR count). The molecule has 0 aromatic carbocycles. The van der Waals surface area contributed by atoms with Crippen molar-refractivity contribution in [2.24, 2.45) is 0 Å². The Morgan fingerprint density at radius 1 is 0.655 bits per heavy atom. The molecule has 0 saturated carbocycles. The van der Waals surface area contributed by atoms with Gasteiger partial charge in [-0.3, -0.25) is 0 Å². The minimum atomic E-state index is -0.525. The molecule has 0 N–H and O–H groups in total. The molecule has 29 heavy (non-hydrogen) atoms.